The van der Waals surface area contributed by atoms with E-state index in [4.69, 9.17) is 0 Å². The number of carbonyl (C=O) groups excluding carboxylic acids is 1. The molecule has 3 nitrogen and oxygen atoms in total. The Hall–Kier alpha value is -0.570. The van der Waals surface area contributed by atoms with Crippen LogP contribution in [0.2, 0.25) is 0 Å². The molecule has 15 heavy (non-hydrogen) atoms. The van der Waals surface area contributed by atoms with Crippen LogP contribution < -0.4 is 5.32 Å². The number of rotatable bonds is 3. The van der Waals surface area contributed by atoms with Crippen LogP contribution in [0, 0.1) is 0 Å². The Kier molecular flexibility index (Phi) is 3.44. The first-order valence-electron chi connectivity index (χ1n) is 5.88. The highest BCUT2D eigenvalue weighted by atomic mass is 16.2. The quantitative estimate of drug-likeness (QED) is 0.773. The highest BCUT2D eigenvalue weighted by molar-refractivity contribution is 5.87. The van der Waals surface area contributed by atoms with E-state index in [-0.39, 0.29) is 11.4 Å². The van der Waals surface area contributed by atoms with E-state index in [0.29, 0.717) is 0 Å². The van der Waals surface area contributed by atoms with Crippen molar-refractivity contribution in [3.05, 3.63) is 0 Å². The third kappa shape index (κ3) is 2.51. The summed E-state index contributed by atoms with van der Waals surface area (Å²) in [5.41, 5.74) is -0.453. The van der Waals surface area contributed by atoms with Crippen LogP contribution in [0.1, 0.15) is 47.5 Å². The molecule has 1 aliphatic rings. The lowest BCUT2D eigenvalue weighted by atomic mass is 9.90. The maximum absolute atomic E-state index is 12.2. The van der Waals surface area contributed by atoms with Gasteiger partial charge < -0.3 is 10.2 Å². The second-order valence-electron chi connectivity index (χ2n) is 5.60. The fourth-order valence-corrected chi connectivity index (χ4v) is 1.94. The molecule has 0 aromatic heterocycles. The van der Waals surface area contributed by atoms with Crippen molar-refractivity contribution in [1.29, 1.82) is 0 Å². The second kappa shape index (κ2) is 4.12. The number of carbonyl (C=O) groups is 1. The minimum absolute atomic E-state index is 0.0538. The molecule has 0 spiro atoms. The molecule has 1 heterocycles. The van der Waals surface area contributed by atoms with Gasteiger partial charge in [0.1, 0.15) is 0 Å². The molecule has 1 fully saturated rings. The first kappa shape index (κ1) is 12.5. The lowest BCUT2D eigenvalue weighted by Gasteiger charge is -2.49. The van der Waals surface area contributed by atoms with Gasteiger partial charge in [-0.2, -0.15) is 0 Å². The monoisotopic (exact) mass is 212 g/mol. The summed E-state index contributed by atoms with van der Waals surface area (Å²) in [7, 11) is 0. The van der Waals surface area contributed by atoms with Crippen LogP contribution in [0.3, 0.4) is 0 Å². The number of hydrogen-bond acceptors (Lipinski definition) is 2. The zero-order valence-corrected chi connectivity index (χ0v) is 10.7. The number of unbranched alkanes of at least 4 members (excludes halogenated alkanes) is 1. The Morgan fingerprint density at radius 1 is 1.33 bits per heavy atom. The van der Waals surface area contributed by atoms with Crippen molar-refractivity contribution in [2.75, 3.05) is 13.1 Å². The Balaban J connectivity index is 2.80. The minimum Gasteiger partial charge on any atom is -0.335 e. The molecule has 0 bridgehead atoms. The fourth-order valence-electron chi connectivity index (χ4n) is 1.94. The molecular weight excluding hydrogens is 188 g/mol. The van der Waals surface area contributed by atoms with Gasteiger partial charge in [-0.05, 0) is 34.1 Å². The molecule has 0 aliphatic carbocycles. The van der Waals surface area contributed by atoms with Crippen molar-refractivity contribution in [1.82, 2.24) is 10.2 Å². The summed E-state index contributed by atoms with van der Waals surface area (Å²) in [4.78, 5) is 14.3. The largest absolute Gasteiger partial charge is 0.335 e. The Labute approximate surface area is 93.2 Å². The zero-order chi connectivity index (χ0) is 11.7. The molecule has 0 saturated carbocycles. The normalized spacial score (nSPS) is 24.3. The molecule has 88 valence electrons. The standard InChI is InChI=1S/C12H24N2O/c1-6-7-8-14-10(15)12(4,5)13-9-11(14,2)3/h13H,6-9H2,1-5H3. The summed E-state index contributed by atoms with van der Waals surface area (Å²) in [6, 6.07) is 0. The van der Waals surface area contributed by atoms with Gasteiger partial charge in [0.15, 0.2) is 0 Å². The van der Waals surface area contributed by atoms with Crippen molar-refractivity contribution in [2.24, 2.45) is 0 Å². The molecule has 0 unspecified atom stereocenters. The highest BCUT2D eigenvalue weighted by Gasteiger charge is 2.43. The van der Waals surface area contributed by atoms with Gasteiger partial charge in [0.2, 0.25) is 5.91 Å². The average molecular weight is 212 g/mol. The van der Waals surface area contributed by atoms with Crippen molar-refractivity contribution in [2.45, 2.75) is 58.5 Å². The van der Waals surface area contributed by atoms with E-state index < -0.39 is 5.54 Å². The summed E-state index contributed by atoms with van der Waals surface area (Å²) in [5.74, 6) is 0.229. The van der Waals surface area contributed by atoms with Gasteiger partial charge in [0.05, 0.1) is 5.54 Å². The Morgan fingerprint density at radius 3 is 2.47 bits per heavy atom. The summed E-state index contributed by atoms with van der Waals surface area (Å²) < 4.78 is 0. The molecule has 3 heteroatoms. The average Bonchev–Trinajstić information content (AvgIpc) is 2.13. The second-order valence-corrected chi connectivity index (χ2v) is 5.60. The number of amides is 1. The number of piperazine rings is 1. The number of nitrogens with one attached hydrogen (secondary N) is 1. The van der Waals surface area contributed by atoms with E-state index in [0.717, 1.165) is 25.9 Å². The fraction of sp³-hybridized carbons (Fsp3) is 0.917. The SMILES string of the molecule is CCCCN1C(=O)C(C)(C)NCC1(C)C. The van der Waals surface area contributed by atoms with Gasteiger partial charge in [-0.3, -0.25) is 4.79 Å². The molecule has 1 aliphatic heterocycles. The Morgan fingerprint density at radius 2 is 1.93 bits per heavy atom. The summed E-state index contributed by atoms with van der Waals surface area (Å²) >= 11 is 0. The van der Waals surface area contributed by atoms with Gasteiger partial charge in [0, 0.05) is 18.6 Å². The summed E-state index contributed by atoms with van der Waals surface area (Å²) in [6.07, 6.45) is 2.22. The molecule has 0 atom stereocenters. The van der Waals surface area contributed by atoms with Crippen LogP contribution in [0.15, 0.2) is 0 Å². The molecule has 1 N–H and O–H groups in total. The van der Waals surface area contributed by atoms with Gasteiger partial charge >= 0.3 is 0 Å². The first-order chi connectivity index (χ1) is 6.81. The highest BCUT2D eigenvalue weighted by Crippen LogP contribution is 2.24. The van der Waals surface area contributed by atoms with Crippen LogP contribution in [-0.4, -0.2) is 35.0 Å². The van der Waals surface area contributed by atoms with Crippen LogP contribution >= 0.6 is 0 Å². The summed E-state index contributed by atoms with van der Waals surface area (Å²) in [5, 5.41) is 3.31. The van der Waals surface area contributed by atoms with Gasteiger partial charge in [-0.1, -0.05) is 13.3 Å². The van der Waals surface area contributed by atoms with Crippen molar-refractivity contribution < 1.29 is 4.79 Å². The lowest BCUT2D eigenvalue weighted by Crippen LogP contribution is -2.69. The maximum Gasteiger partial charge on any atom is 0.242 e. The zero-order valence-electron chi connectivity index (χ0n) is 10.7. The van der Waals surface area contributed by atoms with E-state index in [1.807, 2.05) is 18.7 Å². The number of hydrogen-bond donors (Lipinski definition) is 1. The Bertz CT molecular complexity index is 246. The third-order valence-corrected chi connectivity index (χ3v) is 3.21. The van der Waals surface area contributed by atoms with Crippen LogP contribution in [0.5, 0.6) is 0 Å². The molecular formula is C12H24N2O. The van der Waals surface area contributed by atoms with Crippen LogP contribution in [-0.2, 0) is 4.79 Å². The van der Waals surface area contributed by atoms with E-state index in [1.54, 1.807) is 0 Å². The smallest absolute Gasteiger partial charge is 0.242 e. The molecule has 1 saturated heterocycles. The van der Waals surface area contributed by atoms with Crippen molar-refractivity contribution in [3.63, 3.8) is 0 Å². The van der Waals surface area contributed by atoms with E-state index in [1.165, 1.54) is 0 Å². The van der Waals surface area contributed by atoms with Gasteiger partial charge in [0.25, 0.3) is 0 Å². The lowest BCUT2D eigenvalue weighted by molar-refractivity contribution is -0.147. The number of nitrogens with zero attached hydrogens (tertiary/aromatic N) is 1. The maximum atomic E-state index is 12.2. The summed E-state index contributed by atoms with van der Waals surface area (Å²) in [6.45, 7) is 12.1. The molecule has 0 aromatic carbocycles. The van der Waals surface area contributed by atoms with Crippen molar-refractivity contribution >= 4 is 5.91 Å². The van der Waals surface area contributed by atoms with E-state index in [2.05, 4.69) is 26.1 Å². The molecule has 1 rings (SSSR count). The molecule has 1 amide bonds. The predicted octanol–water partition coefficient (Wildman–Crippen LogP) is 1.78. The molecule has 0 radical (unpaired) electrons. The van der Waals surface area contributed by atoms with Gasteiger partial charge in [-0.25, -0.2) is 0 Å². The minimum atomic E-state index is -0.400. The topological polar surface area (TPSA) is 32.3 Å². The van der Waals surface area contributed by atoms with Crippen LogP contribution in [0.4, 0.5) is 0 Å². The van der Waals surface area contributed by atoms with Gasteiger partial charge in [-0.15, -0.1) is 0 Å². The first-order valence-corrected chi connectivity index (χ1v) is 5.88. The van der Waals surface area contributed by atoms with E-state index >= 15 is 0 Å². The van der Waals surface area contributed by atoms with E-state index in [9.17, 15) is 4.79 Å². The van der Waals surface area contributed by atoms with Crippen molar-refractivity contribution in [3.8, 4) is 0 Å². The van der Waals surface area contributed by atoms with Crippen LogP contribution in [0.25, 0.3) is 0 Å². The predicted molar refractivity (Wildman–Crippen MR) is 62.8 cm³/mol. The molecule has 0 aromatic rings. The third-order valence-electron chi connectivity index (χ3n) is 3.21.